The van der Waals surface area contributed by atoms with Crippen LogP contribution in [-0.4, -0.2) is 24.0 Å². The summed E-state index contributed by atoms with van der Waals surface area (Å²) in [4.78, 5) is 0. The van der Waals surface area contributed by atoms with Crippen molar-refractivity contribution in [3.63, 3.8) is 0 Å². The summed E-state index contributed by atoms with van der Waals surface area (Å²) in [5, 5.41) is 4.10. The predicted molar refractivity (Wildman–Crippen MR) is 55.5 cm³/mol. The number of nitrogens with zero attached hydrogens (tertiary/aromatic N) is 2. The number of aromatic nitrogens is 2. The smallest absolute Gasteiger partial charge is 0.186 e. The third-order valence-electron chi connectivity index (χ3n) is 2.08. The van der Waals surface area contributed by atoms with Crippen molar-refractivity contribution in [1.29, 1.82) is 0 Å². The van der Waals surface area contributed by atoms with Gasteiger partial charge in [0.05, 0.1) is 20.4 Å². The van der Waals surface area contributed by atoms with Crippen LogP contribution in [0.5, 0.6) is 11.5 Å². The van der Waals surface area contributed by atoms with Crippen LogP contribution in [0.2, 0.25) is 0 Å². The van der Waals surface area contributed by atoms with Crippen molar-refractivity contribution in [2.24, 2.45) is 0 Å². The Balaban J connectivity index is 2.56. The third kappa shape index (κ3) is 1.66. The minimum atomic E-state index is 0.664. The topological polar surface area (TPSA) is 36.3 Å². The molecule has 1 aromatic heterocycles. The van der Waals surface area contributed by atoms with E-state index < -0.39 is 0 Å². The number of hydrogen-bond donors (Lipinski definition) is 0. The lowest BCUT2D eigenvalue weighted by Gasteiger charge is -2.11. The van der Waals surface area contributed by atoms with Gasteiger partial charge in [0.15, 0.2) is 11.5 Å². The second-order valence-corrected chi connectivity index (χ2v) is 2.90. The SMILES string of the molecule is COc1cccc(-n2c[c]cn2)c1OC. The Bertz CT molecular complexity index is 438. The third-order valence-corrected chi connectivity index (χ3v) is 2.08. The highest BCUT2D eigenvalue weighted by molar-refractivity contribution is 5.55. The maximum atomic E-state index is 5.29. The van der Waals surface area contributed by atoms with E-state index in [9.17, 15) is 0 Å². The van der Waals surface area contributed by atoms with Gasteiger partial charge in [-0.1, -0.05) is 6.07 Å². The van der Waals surface area contributed by atoms with E-state index in [1.807, 2.05) is 18.2 Å². The van der Waals surface area contributed by atoms with E-state index in [2.05, 4.69) is 11.2 Å². The molecule has 0 spiro atoms. The Morgan fingerprint density at radius 2 is 2.13 bits per heavy atom. The summed E-state index contributed by atoms with van der Waals surface area (Å²) in [6.07, 6.45) is 3.33. The van der Waals surface area contributed by atoms with Crippen molar-refractivity contribution >= 4 is 0 Å². The molecule has 0 bridgehead atoms. The molecule has 0 fully saturated rings. The predicted octanol–water partition coefficient (Wildman–Crippen LogP) is 1.69. The zero-order chi connectivity index (χ0) is 10.7. The largest absolute Gasteiger partial charge is 0.493 e. The highest BCUT2D eigenvalue weighted by atomic mass is 16.5. The average molecular weight is 203 g/mol. The van der Waals surface area contributed by atoms with Crippen LogP contribution in [0.15, 0.2) is 30.6 Å². The molecule has 0 aliphatic carbocycles. The Morgan fingerprint density at radius 1 is 1.27 bits per heavy atom. The molecule has 15 heavy (non-hydrogen) atoms. The van der Waals surface area contributed by atoms with Gasteiger partial charge in [-0.05, 0) is 12.1 Å². The fraction of sp³-hybridized carbons (Fsp3) is 0.182. The van der Waals surface area contributed by atoms with Crippen molar-refractivity contribution in [1.82, 2.24) is 9.78 Å². The minimum Gasteiger partial charge on any atom is -0.493 e. The van der Waals surface area contributed by atoms with E-state index in [0.717, 1.165) is 5.69 Å². The fourth-order valence-electron chi connectivity index (χ4n) is 1.42. The summed E-state index contributed by atoms with van der Waals surface area (Å²) in [6.45, 7) is 0. The lowest BCUT2D eigenvalue weighted by atomic mass is 10.2. The van der Waals surface area contributed by atoms with Crippen LogP contribution >= 0.6 is 0 Å². The first-order chi connectivity index (χ1) is 7.36. The van der Waals surface area contributed by atoms with Crippen molar-refractivity contribution in [2.75, 3.05) is 14.2 Å². The number of ether oxygens (including phenoxy) is 2. The standard InChI is InChI=1S/C11H11N2O2/c1-14-10-6-3-5-9(11(10)15-2)13-8-4-7-12-13/h3,5-8H,1-2H3. The highest BCUT2D eigenvalue weighted by Gasteiger charge is 2.10. The van der Waals surface area contributed by atoms with E-state index >= 15 is 0 Å². The van der Waals surface area contributed by atoms with Crippen molar-refractivity contribution in [3.05, 3.63) is 36.7 Å². The van der Waals surface area contributed by atoms with Crippen LogP contribution < -0.4 is 9.47 Å². The Hall–Kier alpha value is -1.97. The molecule has 2 aromatic rings. The molecule has 4 nitrogen and oxygen atoms in total. The van der Waals surface area contributed by atoms with Crippen molar-refractivity contribution < 1.29 is 9.47 Å². The normalized spacial score (nSPS) is 10.0. The van der Waals surface area contributed by atoms with Gasteiger partial charge >= 0.3 is 0 Å². The van der Waals surface area contributed by atoms with E-state index in [4.69, 9.17) is 9.47 Å². The molecule has 0 N–H and O–H groups in total. The Labute approximate surface area is 88.1 Å². The molecule has 1 heterocycles. The molecule has 1 radical (unpaired) electrons. The van der Waals surface area contributed by atoms with Crippen LogP contribution in [0.4, 0.5) is 0 Å². The van der Waals surface area contributed by atoms with Crippen molar-refractivity contribution in [2.45, 2.75) is 0 Å². The zero-order valence-electron chi connectivity index (χ0n) is 8.60. The zero-order valence-corrected chi connectivity index (χ0v) is 8.60. The fourth-order valence-corrected chi connectivity index (χ4v) is 1.42. The van der Waals surface area contributed by atoms with E-state index in [0.29, 0.717) is 11.5 Å². The maximum absolute atomic E-state index is 5.29. The molecule has 0 saturated heterocycles. The van der Waals surface area contributed by atoms with Gasteiger partial charge in [0.25, 0.3) is 0 Å². The molecule has 77 valence electrons. The van der Waals surface area contributed by atoms with Gasteiger partial charge in [-0.15, -0.1) is 0 Å². The highest BCUT2D eigenvalue weighted by Crippen LogP contribution is 2.32. The summed E-state index contributed by atoms with van der Waals surface area (Å²) in [5.41, 5.74) is 0.832. The van der Waals surface area contributed by atoms with Gasteiger partial charge in [-0.3, -0.25) is 0 Å². The molecule has 0 amide bonds. The number of benzene rings is 1. The Kier molecular flexibility index (Phi) is 2.58. The van der Waals surface area contributed by atoms with Gasteiger partial charge in [0.2, 0.25) is 0 Å². The molecule has 0 aliphatic heterocycles. The summed E-state index contributed by atoms with van der Waals surface area (Å²) >= 11 is 0. The number of para-hydroxylation sites is 1. The monoisotopic (exact) mass is 203 g/mol. The molecule has 4 heteroatoms. The van der Waals surface area contributed by atoms with Gasteiger partial charge in [0, 0.05) is 12.3 Å². The lowest BCUT2D eigenvalue weighted by Crippen LogP contribution is -2.00. The van der Waals surface area contributed by atoms with Gasteiger partial charge < -0.3 is 9.47 Å². The maximum Gasteiger partial charge on any atom is 0.186 e. The molecule has 1 aromatic carbocycles. The number of hydrogen-bond acceptors (Lipinski definition) is 3. The van der Waals surface area contributed by atoms with Gasteiger partial charge in [-0.25, -0.2) is 4.68 Å². The van der Waals surface area contributed by atoms with Crippen LogP contribution in [0.1, 0.15) is 0 Å². The summed E-state index contributed by atoms with van der Waals surface area (Å²) < 4.78 is 12.2. The van der Waals surface area contributed by atoms with E-state index in [1.165, 1.54) is 0 Å². The molecular weight excluding hydrogens is 192 g/mol. The van der Waals surface area contributed by atoms with Gasteiger partial charge in [0.1, 0.15) is 5.69 Å². The molecule has 2 rings (SSSR count). The molecule has 0 aliphatic rings. The second-order valence-electron chi connectivity index (χ2n) is 2.90. The molecule has 0 saturated carbocycles. The van der Waals surface area contributed by atoms with Gasteiger partial charge in [-0.2, -0.15) is 5.10 Å². The van der Waals surface area contributed by atoms with Crippen LogP contribution in [0, 0.1) is 6.07 Å². The summed E-state index contributed by atoms with van der Waals surface area (Å²) in [7, 11) is 3.21. The lowest BCUT2D eigenvalue weighted by molar-refractivity contribution is 0.353. The summed E-state index contributed by atoms with van der Waals surface area (Å²) in [5.74, 6) is 1.35. The van der Waals surface area contributed by atoms with Crippen LogP contribution in [-0.2, 0) is 0 Å². The van der Waals surface area contributed by atoms with Crippen LogP contribution in [0.25, 0.3) is 5.69 Å². The molecular formula is C11H11N2O2. The summed E-state index contributed by atoms with van der Waals surface area (Å²) in [6, 6.07) is 8.51. The van der Waals surface area contributed by atoms with E-state index in [1.54, 1.807) is 31.3 Å². The van der Waals surface area contributed by atoms with Crippen molar-refractivity contribution in [3.8, 4) is 17.2 Å². The first-order valence-electron chi connectivity index (χ1n) is 4.49. The number of methoxy groups -OCH3 is 2. The quantitative estimate of drug-likeness (QED) is 0.761. The average Bonchev–Trinajstić information content (AvgIpc) is 2.81. The molecule has 0 unspecified atom stereocenters. The Morgan fingerprint density at radius 3 is 2.73 bits per heavy atom. The van der Waals surface area contributed by atoms with E-state index in [-0.39, 0.29) is 0 Å². The first kappa shape index (κ1) is 9.58. The number of rotatable bonds is 3. The van der Waals surface area contributed by atoms with Crippen LogP contribution in [0.3, 0.4) is 0 Å². The minimum absolute atomic E-state index is 0.664. The molecule has 0 atom stereocenters. The first-order valence-corrected chi connectivity index (χ1v) is 4.49. The second kappa shape index (κ2) is 4.04.